The number of allylic oxidation sites excluding steroid dienone is 1. The van der Waals surface area contributed by atoms with Crippen LogP contribution in [-0.4, -0.2) is 33.0 Å². The molecule has 0 spiro atoms. The van der Waals surface area contributed by atoms with Crippen molar-refractivity contribution in [3.63, 3.8) is 0 Å². The van der Waals surface area contributed by atoms with Crippen LogP contribution in [0, 0.1) is 30.1 Å². The molecule has 7 heteroatoms. The maximum atomic E-state index is 12.6. The van der Waals surface area contributed by atoms with Gasteiger partial charge in [-0.15, -0.1) is 16.8 Å². The molecule has 0 aromatic carbocycles. The molecule has 0 saturated heterocycles. The average molecular weight is 427 g/mol. The Morgan fingerprint density at radius 3 is 2.60 bits per heavy atom. The van der Waals surface area contributed by atoms with Crippen molar-refractivity contribution in [2.45, 2.75) is 57.1 Å². The van der Waals surface area contributed by atoms with Crippen molar-refractivity contribution in [2.75, 3.05) is 12.3 Å². The van der Waals surface area contributed by atoms with Gasteiger partial charge in [0.15, 0.2) is 11.0 Å². The molecule has 4 aliphatic carbocycles. The molecular formula is C23H30N4O2S. The maximum Gasteiger partial charge on any atom is 0.230 e. The lowest BCUT2D eigenvalue weighted by atomic mass is 9.49. The number of furan rings is 1. The van der Waals surface area contributed by atoms with E-state index in [0.717, 1.165) is 46.6 Å². The first-order valence-corrected chi connectivity index (χ1v) is 12.0. The molecular weight excluding hydrogens is 396 g/mol. The van der Waals surface area contributed by atoms with Crippen LogP contribution in [0.4, 0.5) is 0 Å². The van der Waals surface area contributed by atoms with Gasteiger partial charge in [-0.3, -0.25) is 9.36 Å². The summed E-state index contributed by atoms with van der Waals surface area (Å²) in [5, 5.41) is 12.7. The minimum Gasteiger partial charge on any atom is -0.469 e. The Bertz CT molecular complexity index is 912. The topological polar surface area (TPSA) is 73.0 Å². The van der Waals surface area contributed by atoms with Crippen LogP contribution in [0.1, 0.15) is 44.3 Å². The summed E-state index contributed by atoms with van der Waals surface area (Å²) >= 11 is 1.43. The molecule has 1 N–H and O–H groups in total. The van der Waals surface area contributed by atoms with Gasteiger partial charge in [0, 0.05) is 13.1 Å². The van der Waals surface area contributed by atoms with Crippen LogP contribution in [-0.2, 0) is 11.3 Å². The highest BCUT2D eigenvalue weighted by Gasteiger charge is 2.50. The van der Waals surface area contributed by atoms with E-state index < -0.39 is 0 Å². The molecule has 2 heterocycles. The molecule has 6 rings (SSSR count). The SMILES string of the molecule is C=CCn1c(SCC(=O)NCC23CC4CC(CC(C4)C2)C3)nnc1-c1ccoc1C. The summed E-state index contributed by atoms with van der Waals surface area (Å²) in [6.07, 6.45) is 11.7. The first-order chi connectivity index (χ1) is 14.5. The van der Waals surface area contributed by atoms with Crippen LogP contribution in [0.25, 0.3) is 11.4 Å². The molecule has 160 valence electrons. The third-order valence-corrected chi connectivity index (χ3v) is 8.25. The zero-order valence-electron chi connectivity index (χ0n) is 17.6. The number of aromatic nitrogens is 3. The highest BCUT2D eigenvalue weighted by Crippen LogP contribution is 2.59. The highest BCUT2D eigenvalue weighted by molar-refractivity contribution is 7.99. The molecule has 2 aromatic heterocycles. The second-order valence-corrected chi connectivity index (χ2v) is 10.5. The normalized spacial score (nSPS) is 29.3. The summed E-state index contributed by atoms with van der Waals surface area (Å²) in [7, 11) is 0. The van der Waals surface area contributed by atoms with Crippen LogP contribution in [0.5, 0.6) is 0 Å². The number of aryl methyl sites for hydroxylation is 1. The third-order valence-electron chi connectivity index (χ3n) is 7.29. The predicted octanol–water partition coefficient (Wildman–Crippen LogP) is 4.46. The van der Waals surface area contributed by atoms with Crippen LogP contribution >= 0.6 is 11.8 Å². The fraction of sp³-hybridized carbons (Fsp3) is 0.609. The molecule has 4 fully saturated rings. The lowest BCUT2D eigenvalue weighted by Crippen LogP contribution is -2.51. The Kier molecular flexibility index (Phi) is 5.25. The van der Waals surface area contributed by atoms with Gasteiger partial charge < -0.3 is 9.73 Å². The minimum absolute atomic E-state index is 0.0879. The predicted molar refractivity (Wildman–Crippen MR) is 117 cm³/mol. The first-order valence-electron chi connectivity index (χ1n) is 11.0. The van der Waals surface area contributed by atoms with Crippen LogP contribution in [0.15, 0.2) is 34.6 Å². The Balaban J connectivity index is 1.20. The molecule has 2 aromatic rings. The van der Waals surface area contributed by atoms with Crippen LogP contribution < -0.4 is 5.32 Å². The molecule has 0 atom stereocenters. The lowest BCUT2D eigenvalue weighted by Gasteiger charge is -2.56. The van der Waals surface area contributed by atoms with Crippen molar-refractivity contribution in [1.82, 2.24) is 20.1 Å². The van der Waals surface area contributed by atoms with Gasteiger partial charge in [0.05, 0.1) is 17.6 Å². The zero-order valence-corrected chi connectivity index (χ0v) is 18.4. The van der Waals surface area contributed by atoms with Crippen molar-refractivity contribution < 1.29 is 9.21 Å². The summed E-state index contributed by atoms with van der Waals surface area (Å²) in [5.74, 6) is 4.71. The monoisotopic (exact) mass is 426 g/mol. The molecule has 0 aliphatic heterocycles. The van der Waals surface area contributed by atoms with Crippen molar-refractivity contribution in [3.8, 4) is 11.4 Å². The standard InChI is InChI=1S/C23H30N4O2S/c1-3-5-27-21(19-4-6-29-15(19)2)25-26-22(27)30-13-20(28)24-14-23-10-16-7-17(11-23)9-18(8-16)12-23/h3-4,6,16-18H,1,5,7-14H2,2H3,(H,24,28). The van der Waals surface area contributed by atoms with E-state index in [9.17, 15) is 4.79 Å². The smallest absolute Gasteiger partial charge is 0.230 e. The van der Waals surface area contributed by atoms with E-state index in [1.165, 1.54) is 50.3 Å². The fourth-order valence-corrected chi connectivity index (χ4v) is 7.26. The molecule has 30 heavy (non-hydrogen) atoms. The van der Waals surface area contributed by atoms with Crippen molar-refractivity contribution in [1.29, 1.82) is 0 Å². The van der Waals surface area contributed by atoms with Gasteiger partial charge in [-0.05, 0) is 74.7 Å². The number of hydrogen-bond donors (Lipinski definition) is 1. The summed E-state index contributed by atoms with van der Waals surface area (Å²) in [4.78, 5) is 12.6. The van der Waals surface area contributed by atoms with Gasteiger partial charge in [0.1, 0.15) is 5.76 Å². The number of nitrogens with one attached hydrogen (secondary N) is 1. The summed E-state index contributed by atoms with van der Waals surface area (Å²) < 4.78 is 7.40. The second-order valence-electron chi connectivity index (χ2n) is 9.58. The number of carbonyl (C=O) groups is 1. The van der Waals surface area contributed by atoms with E-state index in [1.54, 1.807) is 6.26 Å². The molecule has 1 amide bonds. The minimum atomic E-state index is 0.0879. The largest absolute Gasteiger partial charge is 0.469 e. The summed E-state index contributed by atoms with van der Waals surface area (Å²) in [5.41, 5.74) is 1.28. The number of hydrogen-bond acceptors (Lipinski definition) is 5. The maximum absolute atomic E-state index is 12.6. The first kappa shape index (κ1) is 19.9. The van der Waals surface area contributed by atoms with Gasteiger partial charge in [-0.25, -0.2) is 0 Å². The van der Waals surface area contributed by atoms with Crippen LogP contribution in [0.3, 0.4) is 0 Å². The zero-order chi connectivity index (χ0) is 20.7. The Hall–Kier alpha value is -2.02. The van der Waals surface area contributed by atoms with Crippen molar-refractivity contribution >= 4 is 17.7 Å². The van der Waals surface area contributed by atoms with E-state index in [-0.39, 0.29) is 5.91 Å². The molecule has 0 unspecified atom stereocenters. The van der Waals surface area contributed by atoms with Crippen molar-refractivity contribution in [3.05, 3.63) is 30.7 Å². The van der Waals surface area contributed by atoms with E-state index in [1.807, 2.05) is 23.6 Å². The van der Waals surface area contributed by atoms with Gasteiger partial charge in [-0.2, -0.15) is 0 Å². The number of thioether (sulfide) groups is 1. The Morgan fingerprint density at radius 1 is 1.30 bits per heavy atom. The number of carbonyl (C=O) groups excluding carboxylic acids is 1. The molecule has 4 saturated carbocycles. The lowest BCUT2D eigenvalue weighted by molar-refractivity contribution is -0.120. The van der Waals surface area contributed by atoms with E-state index in [0.29, 0.717) is 17.7 Å². The molecule has 0 radical (unpaired) electrons. The van der Waals surface area contributed by atoms with Crippen molar-refractivity contribution in [2.24, 2.45) is 23.2 Å². The summed E-state index contributed by atoms with van der Waals surface area (Å²) in [6.45, 7) is 7.19. The third kappa shape index (κ3) is 3.72. The number of amides is 1. The van der Waals surface area contributed by atoms with Gasteiger partial charge >= 0.3 is 0 Å². The summed E-state index contributed by atoms with van der Waals surface area (Å²) in [6, 6.07) is 1.89. The van der Waals surface area contributed by atoms with Crippen LogP contribution in [0.2, 0.25) is 0 Å². The molecule has 4 bridgehead atoms. The number of rotatable bonds is 8. The fourth-order valence-electron chi connectivity index (χ4n) is 6.48. The van der Waals surface area contributed by atoms with Gasteiger partial charge in [0.2, 0.25) is 5.91 Å². The van der Waals surface area contributed by atoms with E-state index >= 15 is 0 Å². The van der Waals surface area contributed by atoms with Gasteiger partial charge in [0.25, 0.3) is 0 Å². The highest BCUT2D eigenvalue weighted by atomic mass is 32.2. The molecule has 4 aliphatic rings. The average Bonchev–Trinajstić information content (AvgIpc) is 3.30. The Labute approximate surface area is 181 Å². The quantitative estimate of drug-likeness (QED) is 0.498. The van der Waals surface area contributed by atoms with E-state index in [2.05, 4.69) is 22.1 Å². The molecule has 6 nitrogen and oxygen atoms in total. The second kappa shape index (κ2) is 7.91. The Morgan fingerprint density at radius 2 is 2.00 bits per heavy atom. The van der Waals surface area contributed by atoms with Gasteiger partial charge in [-0.1, -0.05) is 17.8 Å². The number of nitrogens with zero attached hydrogens (tertiary/aromatic N) is 3. The van der Waals surface area contributed by atoms with E-state index in [4.69, 9.17) is 4.42 Å².